The van der Waals surface area contributed by atoms with Crippen molar-refractivity contribution >= 4 is 42.6 Å². The summed E-state index contributed by atoms with van der Waals surface area (Å²) < 4.78 is 2.28. The van der Waals surface area contributed by atoms with Gasteiger partial charge in [0.15, 0.2) is 5.13 Å². The van der Waals surface area contributed by atoms with E-state index in [-0.39, 0.29) is 6.04 Å². The quantitative estimate of drug-likeness (QED) is 0.673. The molecule has 1 N–H and O–H groups in total. The molecule has 4 heteroatoms. The van der Waals surface area contributed by atoms with Crippen molar-refractivity contribution in [3.05, 3.63) is 58.1 Å². The molecule has 2 aromatic carbocycles. The van der Waals surface area contributed by atoms with E-state index >= 15 is 0 Å². The zero-order valence-corrected chi connectivity index (χ0v) is 13.8. The Kier molecular flexibility index (Phi) is 3.76. The summed E-state index contributed by atoms with van der Waals surface area (Å²) in [4.78, 5) is 4.64. The SMILES string of the molecule is Cc1ccccc1C(C)Nc1nc2ccc(Br)cc2s1. The van der Waals surface area contributed by atoms with E-state index in [1.54, 1.807) is 11.3 Å². The minimum absolute atomic E-state index is 0.250. The number of hydrogen-bond acceptors (Lipinski definition) is 3. The lowest BCUT2D eigenvalue weighted by Gasteiger charge is -2.15. The predicted molar refractivity (Wildman–Crippen MR) is 90.5 cm³/mol. The highest BCUT2D eigenvalue weighted by atomic mass is 79.9. The summed E-state index contributed by atoms with van der Waals surface area (Å²) in [6, 6.07) is 14.9. The van der Waals surface area contributed by atoms with Crippen LogP contribution in [0.1, 0.15) is 24.1 Å². The number of halogens is 1. The van der Waals surface area contributed by atoms with E-state index in [9.17, 15) is 0 Å². The Labute approximate surface area is 131 Å². The number of rotatable bonds is 3. The molecule has 0 saturated heterocycles. The van der Waals surface area contributed by atoms with Gasteiger partial charge < -0.3 is 5.32 Å². The van der Waals surface area contributed by atoms with Gasteiger partial charge in [0.25, 0.3) is 0 Å². The highest BCUT2D eigenvalue weighted by molar-refractivity contribution is 9.10. The normalized spacial score (nSPS) is 12.6. The number of benzene rings is 2. The maximum Gasteiger partial charge on any atom is 0.184 e. The molecule has 0 bridgehead atoms. The van der Waals surface area contributed by atoms with E-state index in [1.807, 2.05) is 12.1 Å². The molecule has 1 aromatic heterocycles. The number of anilines is 1. The van der Waals surface area contributed by atoms with Crippen LogP contribution in [0.4, 0.5) is 5.13 Å². The molecule has 3 aromatic rings. The number of aromatic nitrogens is 1. The Bertz CT molecular complexity index is 751. The van der Waals surface area contributed by atoms with Crippen LogP contribution in [0, 0.1) is 6.92 Å². The van der Waals surface area contributed by atoms with E-state index in [2.05, 4.69) is 70.4 Å². The van der Waals surface area contributed by atoms with Crippen molar-refractivity contribution in [2.45, 2.75) is 19.9 Å². The zero-order valence-electron chi connectivity index (χ0n) is 11.4. The fourth-order valence-electron chi connectivity index (χ4n) is 2.30. The first-order valence-corrected chi connectivity index (χ1v) is 8.12. The molecule has 0 aliphatic rings. The molecular weight excluding hydrogens is 332 g/mol. The molecule has 20 heavy (non-hydrogen) atoms. The van der Waals surface area contributed by atoms with E-state index in [1.165, 1.54) is 15.8 Å². The molecule has 102 valence electrons. The third-order valence-corrected chi connectivity index (χ3v) is 4.79. The lowest BCUT2D eigenvalue weighted by atomic mass is 10.0. The van der Waals surface area contributed by atoms with Crippen molar-refractivity contribution < 1.29 is 0 Å². The van der Waals surface area contributed by atoms with Gasteiger partial charge in [0.05, 0.1) is 16.3 Å². The molecule has 1 heterocycles. The Balaban J connectivity index is 1.87. The number of nitrogens with one attached hydrogen (secondary N) is 1. The summed E-state index contributed by atoms with van der Waals surface area (Å²) in [5.41, 5.74) is 3.65. The summed E-state index contributed by atoms with van der Waals surface area (Å²) in [6.07, 6.45) is 0. The van der Waals surface area contributed by atoms with Gasteiger partial charge in [-0.25, -0.2) is 4.98 Å². The second-order valence-electron chi connectivity index (χ2n) is 4.85. The van der Waals surface area contributed by atoms with Crippen LogP contribution in [-0.4, -0.2) is 4.98 Å². The van der Waals surface area contributed by atoms with Crippen molar-refractivity contribution in [2.24, 2.45) is 0 Å². The smallest absolute Gasteiger partial charge is 0.184 e. The lowest BCUT2D eigenvalue weighted by Crippen LogP contribution is -2.07. The second-order valence-corrected chi connectivity index (χ2v) is 6.80. The van der Waals surface area contributed by atoms with Crippen LogP contribution in [0.2, 0.25) is 0 Å². The van der Waals surface area contributed by atoms with Gasteiger partial charge in [-0.05, 0) is 43.2 Å². The van der Waals surface area contributed by atoms with Gasteiger partial charge >= 0.3 is 0 Å². The maximum atomic E-state index is 4.64. The average molecular weight is 347 g/mol. The fourth-order valence-corrected chi connectivity index (χ4v) is 3.80. The van der Waals surface area contributed by atoms with Crippen LogP contribution in [0.15, 0.2) is 46.9 Å². The Morgan fingerprint density at radius 3 is 2.80 bits per heavy atom. The van der Waals surface area contributed by atoms with E-state index in [0.29, 0.717) is 0 Å². The van der Waals surface area contributed by atoms with Gasteiger partial charge in [0, 0.05) is 4.47 Å². The van der Waals surface area contributed by atoms with E-state index in [0.717, 1.165) is 15.1 Å². The molecule has 3 rings (SSSR count). The lowest BCUT2D eigenvalue weighted by molar-refractivity contribution is 0.872. The molecule has 0 aliphatic heterocycles. The Morgan fingerprint density at radius 2 is 2.00 bits per heavy atom. The van der Waals surface area contributed by atoms with Crippen molar-refractivity contribution in [2.75, 3.05) is 5.32 Å². The molecule has 1 unspecified atom stereocenters. The standard InChI is InChI=1S/C16H15BrN2S/c1-10-5-3-4-6-13(10)11(2)18-16-19-14-8-7-12(17)9-15(14)20-16/h3-9,11H,1-2H3,(H,18,19). The van der Waals surface area contributed by atoms with Gasteiger partial charge in [-0.15, -0.1) is 0 Å². The molecule has 1 atom stereocenters. The topological polar surface area (TPSA) is 24.9 Å². The molecule has 0 spiro atoms. The van der Waals surface area contributed by atoms with Gasteiger partial charge in [-0.2, -0.15) is 0 Å². The minimum Gasteiger partial charge on any atom is -0.355 e. The fraction of sp³-hybridized carbons (Fsp3) is 0.188. The Morgan fingerprint density at radius 1 is 1.20 bits per heavy atom. The zero-order chi connectivity index (χ0) is 14.1. The molecule has 0 amide bonds. The monoisotopic (exact) mass is 346 g/mol. The number of thiazole rings is 1. The van der Waals surface area contributed by atoms with Gasteiger partial charge in [-0.1, -0.05) is 51.5 Å². The van der Waals surface area contributed by atoms with Gasteiger partial charge in [0.2, 0.25) is 0 Å². The molecule has 2 nitrogen and oxygen atoms in total. The van der Waals surface area contributed by atoms with Gasteiger partial charge in [0.1, 0.15) is 0 Å². The molecule has 0 radical (unpaired) electrons. The summed E-state index contributed by atoms with van der Waals surface area (Å²) in [5.74, 6) is 0. The van der Waals surface area contributed by atoms with E-state index in [4.69, 9.17) is 0 Å². The van der Waals surface area contributed by atoms with Crippen LogP contribution >= 0.6 is 27.3 Å². The number of nitrogens with zero attached hydrogens (tertiary/aromatic N) is 1. The maximum absolute atomic E-state index is 4.64. The third kappa shape index (κ3) is 2.72. The first-order chi connectivity index (χ1) is 9.63. The Hall–Kier alpha value is -1.39. The van der Waals surface area contributed by atoms with E-state index < -0.39 is 0 Å². The minimum atomic E-state index is 0.250. The van der Waals surface area contributed by atoms with Crippen LogP contribution in [-0.2, 0) is 0 Å². The summed E-state index contributed by atoms with van der Waals surface area (Å²) >= 11 is 5.19. The summed E-state index contributed by atoms with van der Waals surface area (Å²) in [5, 5.41) is 4.47. The summed E-state index contributed by atoms with van der Waals surface area (Å²) in [6.45, 7) is 4.31. The van der Waals surface area contributed by atoms with Crippen LogP contribution in [0.25, 0.3) is 10.2 Å². The molecule has 0 fully saturated rings. The van der Waals surface area contributed by atoms with Crippen molar-refractivity contribution in [1.82, 2.24) is 4.98 Å². The first-order valence-electron chi connectivity index (χ1n) is 6.51. The second kappa shape index (κ2) is 5.54. The van der Waals surface area contributed by atoms with Crippen molar-refractivity contribution in [1.29, 1.82) is 0 Å². The third-order valence-electron chi connectivity index (χ3n) is 3.35. The number of aryl methyl sites for hydroxylation is 1. The van der Waals surface area contributed by atoms with Crippen molar-refractivity contribution in [3.8, 4) is 0 Å². The number of fused-ring (bicyclic) bond motifs is 1. The molecular formula is C16H15BrN2S. The van der Waals surface area contributed by atoms with Crippen LogP contribution < -0.4 is 5.32 Å². The molecule has 0 aliphatic carbocycles. The van der Waals surface area contributed by atoms with Crippen molar-refractivity contribution in [3.63, 3.8) is 0 Å². The predicted octanol–water partition coefficient (Wildman–Crippen LogP) is 5.54. The highest BCUT2D eigenvalue weighted by Crippen LogP contribution is 2.31. The largest absolute Gasteiger partial charge is 0.355 e. The van der Waals surface area contributed by atoms with Gasteiger partial charge in [-0.3, -0.25) is 0 Å². The summed E-state index contributed by atoms with van der Waals surface area (Å²) in [7, 11) is 0. The van der Waals surface area contributed by atoms with Crippen LogP contribution in [0.3, 0.4) is 0 Å². The molecule has 0 saturated carbocycles. The first kappa shape index (κ1) is 13.6. The van der Waals surface area contributed by atoms with Crippen LogP contribution in [0.5, 0.6) is 0 Å². The number of hydrogen-bond donors (Lipinski definition) is 1. The highest BCUT2D eigenvalue weighted by Gasteiger charge is 2.10. The average Bonchev–Trinajstić information content (AvgIpc) is 2.80.